The van der Waals surface area contributed by atoms with E-state index in [9.17, 15) is 0 Å². The maximum absolute atomic E-state index is 2.29. The van der Waals surface area contributed by atoms with Gasteiger partial charge >= 0.3 is 75.0 Å². The molecule has 0 unspecified atom stereocenters. The minimum Gasteiger partial charge on any atom is -1.00 e. The van der Waals surface area contributed by atoms with Gasteiger partial charge in [0.2, 0.25) is 0 Å². The van der Waals surface area contributed by atoms with E-state index < -0.39 is 0 Å². The fraction of sp³-hybridized carbons (Fsp3) is 0.400. The molecule has 12 heavy (non-hydrogen) atoms. The Labute approximate surface area is 80.1 Å². The van der Waals surface area contributed by atoms with Crippen LogP contribution in [0.25, 0.3) is 0 Å². The summed E-state index contributed by atoms with van der Waals surface area (Å²) in [7, 11) is 0. The van der Waals surface area contributed by atoms with Crippen LogP contribution in [0.5, 0.6) is 0 Å². The molecule has 2 heteroatoms. The summed E-state index contributed by atoms with van der Waals surface area (Å²) in [6, 6.07) is 10.8. The molecule has 1 rings (SSSR count). The zero-order valence-electron chi connectivity index (χ0n) is 7.63. The average Bonchev–Trinajstić information content (AvgIpc) is 2.03. The Morgan fingerprint density at radius 3 is 2.25 bits per heavy atom. The first-order chi connectivity index (χ1) is 5.29. The standard InChI is InChI=1S/C6H5.C4H9.Al.FH/c1-2-4-6-5-3-1;1-4(2)3;;/h1-5H;4H,1H2,2-3H3;;1H/q;;+1;/p-1. The average molecular weight is 180 g/mol. The van der Waals surface area contributed by atoms with Gasteiger partial charge in [-0.3, -0.25) is 0 Å². The van der Waals surface area contributed by atoms with Crippen molar-refractivity contribution in [2.75, 3.05) is 0 Å². The smallest absolute Gasteiger partial charge is 1.00 e. The van der Waals surface area contributed by atoms with Crippen LogP contribution in [0.15, 0.2) is 30.3 Å². The van der Waals surface area contributed by atoms with Crippen molar-refractivity contribution >= 4 is 19.6 Å². The van der Waals surface area contributed by atoms with E-state index in [1.54, 1.807) is 4.43 Å². The molecule has 0 fully saturated rings. The van der Waals surface area contributed by atoms with Gasteiger partial charge in [0.05, 0.1) is 0 Å². The van der Waals surface area contributed by atoms with E-state index >= 15 is 0 Å². The predicted molar refractivity (Wildman–Crippen MR) is 51.5 cm³/mol. The van der Waals surface area contributed by atoms with Gasteiger partial charge in [0.1, 0.15) is 0 Å². The first kappa shape index (κ1) is 11.7. The molecule has 0 saturated carbocycles. The minimum atomic E-state index is 0. The van der Waals surface area contributed by atoms with Gasteiger partial charge in [0, 0.05) is 0 Å². The molecule has 0 atom stereocenters. The minimum absolute atomic E-state index is 0. The zero-order valence-corrected chi connectivity index (χ0v) is 8.78. The summed E-state index contributed by atoms with van der Waals surface area (Å²) < 4.78 is 1.54. The molecular weight excluding hydrogens is 166 g/mol. The zero-order chi connectivity index (χ0) is 8.10. The van der Waals surface area contributed by atoms with E-state index in [-0.39, 0.29) is 4.70 Å². The monoisotopic (exact) mass is 180 g/mol. The molecule has 0 radical (unpaired) electrons. The van der Waals surface area contributed by atoms with Crippen molar-refractivity contribution in [3.63, 3.8) is 0 Å². The van der Waals surface area contributed by atoms with Gasteiger partial charge in [-0.25, -0.2) is 0 Å². The van der Waals surface area contributed by atoms with Crippen LogP contribution in [0.4, 0.5) is 0 Å². The molecule has 64 valence electrons. The van der Waals surface area contributed by atoms with Gasteiger partial charge in [0.15, 0.2) is 0 Å². The van der Waals surface area contributed by atoms with Gasteiger partial charge in [0.25, 0.3) is 0 Å². The quantitative estimate of drug-likeness (QED) is 0.529. The number of halogens is 1. The second kappa shape index (κ2) is 6.23. The second-order valence-corrected chi connectivity index (χ2v) is 4.79. The second-order valence-electron chi connectivity index (χ2n) is 3.24. The summed E-state index contributed by atoms with van der Waals surface area (Å²) in [6.07, 6.45) is 0. The summed E-state index contributed by atoms with van der Waals surface area (Å²) in [5.74, 6) is 0.852. The summed E-state index contributed by atoms with van der Waals surface area (Å²) in [5.41, 5.74) is 0. The van der Waals surface area contributed by atoms with Gasteiger partial charge in [-0.15, -0.1) is 0 Å². The number of hydrogen-bond acceptors (Lipinski definition) is 0. The van der Waals surface area contributed by atoms with Crippen LogP contribution in [0, 0.1) is 5.92 Å². The Hall–Kier alpha value is -0.318. The molecule has 0 N–H and O–H groups in total. The van der Waals surface area contributed by atoms with E-state index in [0.717, 1.165) is 5.92 Å². The molecular formula is C10H14AlF. The van der Waals surface area contributed by atoms with Crippen LogP contribution in [0.1, 0.15) is 13.8 Å². The van der Waals surface area contributed by atoms with Crippen molar-refractivity contribution in [3.8, 4) is 0 Å². The van der Waals surface area contributed by atoms with Gasteiger partial charge in [-0.05, 0) is 0 Å². The summed E-state index contributed by atoms with van der Waals surface area (Å²) >= 11 is 0.513. The molecule has 0 heterocycles. The Morgan fingerprint density at radius 2 is 1.75 bits per heavy atom. The van der Waals surface area contributed by atoms with E-state index in [1.165, 1.54) is 5.28 Å². The Kier molecular flexibility index (Phi) is 6.06. The molecule has 0 aromatic heterocycles. The molecule has 0 aliphatic heterocycles. The third-order valence-electron chi connectivity index (χ3n) is 1.62. The van der Waals surface area contributed by atoms with Gasteiger partial charge < -0.3 is 4.70 Å². The van der Waals surface area contributed by atoms with E-state index in [0.29, 0.717) is 15.2 Å². The molecule has 0 amide bonds. The molecule has 0 nitrogen and oxygen atoms in total. The van der Waals surface area contributed by atoms with Crippen molar-refractivity contribution < 1.29 is 4.70 Å². The molecule has 0 bridgehead atoms. The Morgan fingerprint density at radius 1 is 1.17 bits per heavy atom. The third-order valence-corrected chi connectivity index (χ3v) is 3.66. The maximum Gasteiger partial charge on any atom is -1.00 e. The van der Waals surface area contributed by atoms with Gasteiger partial charge in [-0.2, -0.15) is 0 Å². The number of benzene rings is 1. The topological polar surface area (TPSA) is 0 Å². The molecule has 1 aromatic rings. The van der Waals surface area contributed by atoms with Crippen LogP contribution in [-0.2, 0) is 0 Å². The largest absolute Gasteiger partial charge is 1.00 e. The number of hydrogen-bond donors (Lipinski definition) is 0. The first-order valence-corrected chi connectivity index (χ1v) is 5.56. The normalized spacial score (nSPS) is 8.92. The van der Waals surface area contributed by atoms with Crippen molar-refractivity contribution in [2.45, 2.75) is 19.1 Å². The summed E-state index contributed by atoms with van der Waals surface area (Å²) in [6.45, 7) is 4.58. The van der Waals surface area contributed by atoms with Crippen LogP contribution >= 0.6 is 0 Å². The summed E-state index contributed by atoms with van der Waals surface area (Å²) in [4.78, 5) is 0. The molecule has 0 saturated heterocycles. The van der Waals surface area contributed by atoms with Crippen molar-refractivity contribution in [3.05, 3.63) is 30.3 Å². The van der Waals surface area contributed by atoms with Crippen LogP contribution in [0.3, 0.4) is 0 Å². The predicted octanol–water partition coefficient (Wildman–Crippen LogP) is -0.906. The maximum atomic E-state index is 2.29. The SMILES string of the molecule is CC(C)[CH2][Al+][c]1ccccc1.[F-]. The number of rotatable bonds is 3. The van der Waals surface area contributed by atoms with Crippen molar-refractivity contribution in [2.24, 2.45) is 5.92 Å². The van der Waals surface area contributed by atoms with Crippen molar-refractivity contribution in [1.82, 2.24) is 0 Å². The van der Waals surface area contributed by atoms with Gasteiger partial charge in [-0.1, -0.05) is 0 Å². The Bertz CT molecular complexity index is 196. The van der Waals surface area contributed by atoms with Crippen LogP contribution in [0.2, 0.25) is 5.28 Å². The van der Waals surface area contributed by atoms with E-state index in [2.05, 4.69) is 44.2 Å². The van der Waals surface area contributed by atoms with Crippen molar-refractivity contribution in [1.29, 1.82) is 0 Å². The van der Waals surface area contributed by atoms with E-state index in [1.807, 2.05) is 0 Å². The first-order valence-electron chi connectivity index (χ1n) is 4.17. The van der Waals surface area contributed by atoms with Crippen LogP contribution in [-0.4, -0.2) is 15.2 Å². The fourth-order valence-corrected chi connectivity index (χ4v) is 2.20. The molecule has 0 aliphatic rings. The Balaban J connectivity index is 0.00000121. The molecule has 0 aliphatic carbocycles. The third kappa shape index (κ3) is 4.54. The summed E-state index contributed by atoms with van der Waals surface area (Å²) in [5, 5.41) is 1.38. The molecule has 1 aromatic carbocycles. The molecule has 0 spiro atoms. The van der Waals surface area contributed by atoms with E-state index in [4.69, 9.17) is 0 Å². The fourth-order valence-electron chi connectivity index (χ4n) is 0.961. The van der Waals surface area contributed by atoms with Crippen LogP contribution < -0.4 is 9.13 Å².